The largest absolute Gasteiger partial charge is 0.329 e. The maximum Gasteiger partial charge on any atom is 0.293 e. The molecule has 0 radical (unpaired) electrons. The number of hydrogen-bond acceptors (Lipinski definition) is 5. The van der Waals surface area contributed by atoms with E-state index in [4.69, 9.17) is 5.73 Å². The molecule has 0 aromatic carbocycles. The van der Waals surface area contributed by atoms with E-state index in [1.54, 1.807) is 24.5 Å². The van der Waals surface area contributed by atoms with Crippen LogP contribution in [0.1, 0.15) is 5.56 Å². The van der Waals surface area contributed by atoms with Gasteiger partial charge in [0.2, 0.25) is 0 Å². The Hall–Kier alpha value is -1.66. The zero-order valence-electron chi connectivity index (χ0n) is 9.00. The number of hydrogen-bond donors (Lipinski definition) is 1. The summed E-state index contributed by atoms with van der Waals surface area (Å²) in [5.74, 6) is -0.283. The number of imide groups is 1. The van der Waals surface area contributed by atoms with Crippen molar-refractivity contribution in [2.75, 3.05) is 13.1 Å². The van der Waals surface area contributed by atoms with Crippen LogP contribution in [-0.2, 0) is 4.79 Å². The minimum atomic E-state index is -0.283. The Morgan fingerprint density at radius 3 is 2.94 bits per heavy atom. The second-order valence-electron chi connectivity index (χ2n) is 3.41. The first-order chi connectivity index (χ1) is 8.22. The van der Waals surface area contributed by atoms with Crippen molar-refractivity contribution in [2.24, 2.45) is 5.73 Å². The summed E-state index contributed by atoms with van der Waals surface area (Å²) in [5, 5.41) is -0.268. The van der Waals surface area contributed by atoms with Crippen molar-refractivity contribution in [3.05, 3.63) is 35.0 Å². The number of carbonyl (C=O) groups excluding carboxylic acids is 2. The Kier molecular flexibility index (Phi) is 3.55. The van der Waals surface area contributed by atoms with Gasteiger partial charge >= 0.3 is 0 Å². The fourth-order valence-corrected chi connectivity index (χ4v) is 2.30. The molecule has 2 N–H and O–H groups in total. The average Bonchev–Trinajstić information content (AvgIpc) is 2.59. The lowest BCUT2D eigenvalue weighted by molar-refractivity contribution is -0.122. The summed E-state index contributed by atoms with van der Waals surface area (Å²) in [6.45, 7) is 0.535. The molecule has 1 aliphatic heterocycles. The molecule has 88 valence electrons. The second kappa shape index (κ2) is 5.11. The Morgan fingerprint density at radius 2 is 2.29 bits per heavy atom. The van der Waals surface area contributed by atoms with Gasteiger partial charge in [0.15, 0.2) is 0 Å². The Morgan fingerprint density at radius 1 is 1.47 bits per heavy atom. The minimum absolute atomic E-state index is 0.259. The van der Waals surface area contributed by atoms with Gasteiger partial charge in [0.1, 0.15) is 0 Å². The molecule has 1 aliphatic rings. The van der Waals surface area contributed by atoms with E-state index in [-0.39, 0.29) is 24.2 Å². The molecule has 1 aromatic heterocycles. The summed E-state index contributed by atoms with van der Waals surface area (Å²) in [4.78, 5) is 28.9. The van der Waals surface area contributed by atoms with E-state index in [0.717, 1.165) is 22.2 Å². The first kappa shape index (κ1) is 11.8. The van der Waals surface area contributed by atoms with Crippen LogP contribution in [0.25, 0.3) is 6.08 Å². The number of thioether (sulfide) groups is 1. The topological polar surface area (TPSA) is 76.3 Å². The standard InChI is InChI=1S/C11H11N3O2S/c12-3-5-14-10(15)9(17-11(14)16)6-8-2-1-4-13-7-8/h1-2,4,6-7H,3,5,12H2/b9-6+. The summed E-state index contributed by atoms with van der Waals surface area (Å²) < 4.78 is 0. The van der Waals surface area contributed by atoms with Gasteiger partial charge in [-0.1, -0.05) is 6.07 Å². The summed E-state index contributed by atoms with van der Waals surface area (Å²) >= 11 is 0.932. The Bertz CT molecular complexity index is 473. The molecule has 2 heterocycles. The minimum Gasteiger partial charge on any atom is -0.329 e. The summed E-state index contributed by atoms with van der Waals surface area (Å²) in [5.41, 5.74) is 6.14. The maximum atomic E-state index is 11.9. The molecule has 0 spiro atoms. The predicted octanol–water partition coefficient (Wildman–Crippen LogP) is 1.08. The Balaban J connectivity index is 2.22. The zero-order chi connectivity index (χ0) is 12.3. The molecular formula is C11H11N3O2S. The molecule has 1 fully saturated rings. The number of rotatable bonds is 3. The number of carbonyl (C=O) groups is 2. The van der Waals surface area contributed by atoms with Crippen LogP contribution in [0.3, 0.4) is 0 Å². The molecule has 2 amide bonds. The van der Waals surface area contributed by atoms with E-state index in [1.165, 1.54) is 0 Å². The molecule has 5 nitrogen and oxygen atoms in total. The van der Waals surface area contributed by atoms with Crippen LogP contribution in [-0.4, -0.2) is 34.1 Å². The fourth-order valence-electron chi connectivity index (χ4n) is 1.43. The van der Waals surface area contributed by atoms with Crippen LogP contribution in [0, 0.1) is 0 Å². The average molecular weight is 249 g/mol. The first-order valence-electron chi connectivity index (χ1n) is 5.08. The normalized spacial score (nSPS) is 18.2. The van der Waals surface area contributed by atoms with Gasteiger partial charge in [0.25, 0.3) is 11.1 Å². The van der Waals surface area contributed by atoms with E-state index in [2.05, 4.69) is 4.98 Å². The lowest BCUT2D eigenvalue weighted by Crippen LogP contribution is -2.33. The highest BCUT2D eigenvalue weighted by molar-refractivity contribution is 8.18. The van der Waals surface area contributed by atoms with Gasteiger partial charge in [-0.05, 0) is 29.5 Å². The third kappa shape index (κ3) is 2.54. The maximum absolute atomic E-state index is 11.9. The van der Waals surface area contributed by atoms with Crippen LogP contribution < -0.4 is 5.73 Å². The van der Waals surface area contributed by atoms with E-state index in [9.17, 15) is 9.59 Å². The third-order valence-corrected chi connectivity index (χ3v) is 3.12. The second-order valence-corrected chi connectivity index (χ2v) is 4.40. The van der Waals surface area contributed by atoms with Gasteiger partial charge in [-0.2, -0.15) is 0 Å². The lowest BCUT2D eigenvalue weighted by Gasteiger charge is -2.09. The highest BCUT2D eigenvalue weighted by atomic mass is 32.2. The van der Waals surface area contributed by atoms with Crippen LogP contribution in [0.4, 0.5) is 4.79 Å². The van der Waals surface area contributed by atoms with Crippen molar-refractivity contribution < 1.29 is 9.59 Å². The molecule has 17 heavy (non-hydrogen) atoms. The molecule has 0 aliphatic carbocycles. The van der Waals surface area contributed by atoms with Crippen molar-refractivity contribution in [1.82, 2.24) is 9.88 Å². The summed E-state index contributed by atoms with van der Waals surface area (Å²) in [6.07, 6.45) is 4.95. The van der Waals surface area contributed by atoms with Gasteiger partial charge in [-0.25, -0.2) is 0 Å². The Labute approximate surface area is 103 Å². The molecule has 0 bridgehead atoms. The highest BCUT2D eigenvalue weighted by Crippen LogP contribution is 2.31. The molecule has 2 rings (SSSR count). The smallest absolute Gasteiger partial charge is 0.293 e. The summed E-state index contributed by atoms with van der Waals surface area (Å²) in [6, 6.07) is 3.60. The molecule has 0 saturated carbocycles. The third-order valence-electron chi connectivity index (χ3n) is 2.21. The van der Waals surface area contributed by atoms with Crippen molar-refractivity contribution in [2.45, 2.75) is 0 Å². The monoisotopic (exact) mass is 249 g/mol. The molecule has 1 aromatic rings. The fraction of sp³-hybridized carbons (Fsp3) is 0.182. The molecular weight excluding hydrogens is 238 g/mol. The SMILES string of the molecule is NCCN1C(=O)S/C(=C/c2cccnc2)C1=O. The van der Waals surface area contributed by atoms with Crippen LogP contribution in [0.2, 0.25) is 0 Å². The van der Waals surface area contributed by atoms with E-state index >= 15 is 0 Å². The van der Waals surface area contributed by atoms with E-state index in [0.29, 0.717) is 4.91 Å². The quantitative estimate of drug-likeness (QED) is 0.811. The van der Waals surface area contributed by atoms with Crippen LogP contribution in [0.15, 0.2) is 29.4 Å². The summed E-state index contributed by atoms with van der Waals surface area (Å²) in [7, 11) is 0. The lowest BCUT2D eigenvalue weighted by atomic mass is 10.2. The number of nitrogens with zero attached hydrogens (tertiary/aromatic N) is 2. The van der Waals surface area contributed by atoms with Crippen molar-refractivity contribution in [3.63, 3.8) is 0 Å². The predicted molar refractivity (Wildman–Crippen MR) is 66.0 cm³/mol. The first-order valence-corrected chi connectivity index (χ1v) is 5.89. The number of pyridine rings is 1. The van der Waals surface area contributed by atoms with Crippen LogP contribution >= 0.6 is 11.8 Å². The van der Waals surface area contributed by atoms with Gasteiger partial charge in [0, 0.05) is 25.5 Å². The van der Waals surface area contributed by atoms with Gasteiger partial charge in [-0.3, -0.25) is 19.5 Å². The molecule has 0 unspecified atom stereocenters. The number of amides is 2. The van der Waals surface area contributed by atoms with Gasteiger partial charge in [-0.15, -0.1) is 0 Å². The van der Waals surface area contributed by atoms with E-state index < -0.39 is 0 Å². The van der Waals surface area contributed by atoms with Gasteiger partial charge in [0.05, 0.1) is 4.91 Å². The zero-order valence-corrected chi connectivity index (χ0v) is 9.81. The molecule has 1 saturated heterocycles. The molecule has 0 atom stereocenters. The number of aromatic nitrogens is 1. The molecule has 6 heteroatoms. The van der Waals surface area contributed by atoms with Gasteiger partial charge < -0.3 is 5.73 Å². The van der Waals surface area contributed by atoms with Crippen molar-refractivity contribution in [3.8, 4) is 0 Å². The van der Waals surface area contributed by atoms with Crippen molar-refractivity contribution >= 4 is 29.0 Å². The van der Waals surface area contributed by atoms with E-state index in [1.807, 2.05) is 6.07 Å². The van der Waals surface area contributed by atoms with Crippen LogP contribution in [0.5, 0.6) is 0 Å². The van der Waals surface area contributed by atoms with Crippen molar-refractivity contribution in [1.29, 1.82) is 0 Å². The number of nitrogens with two attached hydrogens (primary N) is 1. The highest BCUT2D eigenvalue weighted by Gasteiger charge is 2.34.